The number of nitrogens with one attached hydrogen (secondary N) is 2. The van der Waals surface area contributed by atoms with E-state index in [2.05, 4.69) is 14.9 Å². The number of methoxy groups -OCH3 is 1. The van der Waals surface area contributed by atoms with Gasteiger partial charge in [-0.25, -0.2) is 4.98 Å². The van der Waals surface area contributed by atoms with Gasteiger partial charge < -0.3 is 24.3 Å². The third kappa shape index (κ3) is 3.33. The molecule has 7 heteroatoms. The zero-order chi connectivity index (χ0) is 20.5. The minimum absolute atomic E-state index is 0.0494. The van der Waals surface area contributed by atoms with Gasteiger partial charge in [-0.05, 0) is 18.2 Å². The lowest BCUT2D eigenvalue weighted by Crippen LogP contribution is -2.21. The fourth-order valence-electron chi connectivity index (χ4n) is 3.83. The average Bonchev–Trinajstić information content (AvgIpc) is 3.41. The number of hydrogen-bond acceptors (Lipinski definition) is 5. The molecular formula is C23H22N4O3. The Balaban J connectivity index is 1.56. The Morgan fingerprint density at radius 1 is 1.27 bits per heavy atom. The number of benzene rings is 2. The highest BCUT2D eigenvalue weighted by molar-refractivity contribution is 6.11. The number of aromatic amines is 1. The van der Waals surface area contributed by atoms with Crippen molar-refractivity contribution in [2.24, 2.45) is 0 Å². The number of Topliss-reactive ketones (excluding diaryl/α,β-unsaturated/α-hetero) is 1. The minimum atomic E-state index is -0.644. The van der Waals surface area contributed by atoms with Crippen LogP contribution in [0.2, 0.25) is 0 Å². The van der Waals surface area contributed by atoms with Crippen LogP contribution < -0.4 is 10.1 Å². The molecule has 0 fully saturated rings. The van der Waals surface area contributed by atoms with E-state index in [-0.39, 0.29) is 5.78 Å². The summed E-state index contributed by atoms with van der Waals surface area (Å²) in [6, 6.07) is 14.7. The third-order valence-corrected chi connectivity index (χ3v) is 5.38. The first-order valence-corrected chi connectivity index (χ1v) is 9.87. The Labute approximate surface area is 173 Å². The monoisotopic (exact) mass is 402 g/mol. The molecule has 0 aliphatic carbocycles. The van der Waals surface area contributed by atoms with E-state index in [9.17, 15) is 4.79 Å². The van der Waals surface area contributed by atoms with E-state index in [0.717, 1.165) is 34.7 Å². The number of ketones is 1. The zero-order valence-corrected chi connectivity index (χ0v) is 16.6. The molecule has 0 saturated carbocycles. The predicted octanol–water partition coefficient (Wildman–Crippen LogP) is 3.94. The molecule has 30 heavy (non-hydrogen) atoms. The molecular weight excluding hydrogens is 380 g/mol. The molecule has 5 rings (SSSR count). The van der Waals surface area contributed by atoms with Crippen LogP contribution in [0, 0.1) is 0 Å². The van der Waals surface area contributed by atoms with Crippen molar-refractivity contribution in [1.29, 1.82) is 0 Å². The van der Waals surface area contributed by atoms with Gasteiger partial charge in [0.2, 0.25) is 0 Å². The number of ether oxygens (including phenoxy) is 2. The van der Waals surface area contributed by atoms with E-state index in [4.69, 9.17) is 14.5 Å². The summed E-state index contributed by atoms with van der Waals surface area (Å²) in [5.74, 6) is 1.50. The molecule has 2 aromatic heterocycles. The lowest BCUT2D eigenvalue weighted by atomic mass is 10.0. The van der Waals surface area contributed by atoms with Crippen LogP contribution in [0.15, 0.2) is 60.9 Å². The van der Waals surface area contributed by atoms with Gasteiger partial charge in [0, 0.05) is 47.2 Å². The first-order chi connectivity index (χ1) is 14.7. The number of carbonyl (C=O) groups excluding carboxylic acids is 1. The maximum Gasteiger partial charge on any atom is 0.193 e. The highest BCUT2D eigenvalue weighted by Gasteiger charge is 2.28. The number of carbonyl (C=O) groups is 1. The van der Waals surface area contributed by atoms with E-state index < -0.39 is 6.04 Å². The Morgan fingerprint density at radius 2 is 2.17 bits per heavy atom. The second kappa shape index (κ2) is 7.68. The largest absolute Gasteiger partial charge is 0.497 e. The van der Waals surface area contributed by atoms with Crippen LogP contribution in [0.1, 0.15) is 27.9 Å². The van der Waals surface area contributed by atoms with Gasteiger partial charge in [-0.15, -0.1) is 0 Å². The van der Waals surface area contributed by atoms with Gasteiger partial charge in [0.15, 0.2) is 5.78 Å². The number of imidazole rings is 1. The first kappa shape index (κ1) is 18.4. The molecule has 0 spiro atoms. The number of hydrogen-bond donors (Lipinski definition) is 2. The van der Waals surface area contributed by atoms with Gasteiger partial charge in [0.05, 0.1) is 19.4 Å². The van der Waals surface area contributed by atoms with E-state index in [1.54, 1.807) is 13.3 Å². The second-order valence-electron chi connectivity index (χ2n) is 7.25. The molecule has 4 aromatic rings. The average molecular weight is 402 g/mol. The van der Waals surface area contributed by atoms with Crippen molar-refractivity contribution in [3.05, 3.63) is 78.0 Å². The zero-order valence-electron chi connectivity index (χ0n) is 16.6. The van der Waals surface area contributed by atoms with Crippen LogP contribution >= 0.6 is 0 Å². The number of aromatic nitrogens is 3. The summed E-state index contributed by atoms with van der Waals surface area (Å²) < 4.78 is 12.9. The molecule has 1 aliphatic rings. The summed E-state index contributed by atoms with van der Waals surface area (Å²) >= 11 is 0. The lowest BCUT2D eigenvalue weighted by Gasteiger charge is -2.17. The van der Waals surface area contributed by atoms with Crippen molar-refractivity contribution < 1.29 is 14.3 Å². The number of para-hydroxylation sites is 1. The van der Waals surface area contributed by atoms with Gasteiger partial charge in [0.1, 0.15) is 24.2 Å². The van der Waals surface area contributed by atoms with Gasteiger partial charge in [-0.2, -0.15) is 0 Å². The van der Waals surface area contributed by atoms with Crippen molar-refractivity contribution in [2.75, 3.05) is 19.0 Å². The summed E-state index contributed by atoms with van der Waals surface area (Å²) in [5, 5.41) is 4.27. The van der Waals surface area contributed by atoms with Gasteiger partial charge in [0.25, 0.3) is 0 Å². The van der Waals surface area contributed by atoms with Crippen molar-refractivity contribution >= 4 is 22.4 Å². The summed E-state index contributed by atoms with van der Waals surface area (Å²) in [7, 11) is 1.62. The molecule has 1 atom stereocenters. The minimum Gasteiger partial charge on any atom is -0.497 e. The highest BCUT2D eigenvalue weighted by Crippen LogP contribution is 2.29. The summed E-state index contributed by atoms with van der Waals surface area (Å²) in [6.45, 7) is 1.83. The molecule has 0 bridgehead atoms. The molecule has 0 saturated heterocycles. The Morgan fingerprint density at radius 3 is 3.03 bits per heavy atom. The molecule has 2 aromatic carbocycles. The number of fused-ring (bicyclic) bond motifs is 2. The molecule has 1 aliphatic heterocycles. The van der Waals surface area contributed by atoms with Gasteiger partial charge in [-0.3, -0.25) is 4.79 Å². The Kier molecular flexibility index (Phi) is 4.72. The number of nitrogens with zero attached hydrogens (tertiary/aromatic N) is 2. The van der Waals surface area contributed by atoms with Crippen LogP contribution in [-0.2, 0) is 17.9 Å². The summed E-state index contributed by atoms with van der Waals surface area (Å²) in [6.07, 6.45) is 3.72. The Hall–Kier alpha value is -3.58. The summed E-state index contributed by atoms with van der Waals surface area (Å²) in [5.41, 5.74) is 3.02. The van der Waals surface area contributed by atoms with Crippen LogP contribution in [0.5, 0.6) is 5.75 Å². The second-order valence-corrected chi connectivity index (χ2v) is 7.25. The maximum atomic E-state index is 13.7. The van der Waals surface area contributed by atoms with E-state index >= 15 is 0 Å². The molecule has 3 heterocycles. The molecule has 7 nitrogen and oxygen atoms in total. The van der Waals surface area contributed by atoms with Crippen LogP contribution in [0.25, 0.3) is 10.9 Å². The van der Waals surface area contributed by atoms with Crippen molar-refractivity contribution in [2.45, 2.75) is 19.2 Å². The van der Waals surface area contributed by atoms with Crippen molar-refractivity contribution in [3.8, 4) is 5.75 Å². The molecule has 0 radical (unpaired) electrons. The molecule has 2 N–H and O–H groups in total. The van der Waals surface area contributed by atoms with Gasteiger partial charge in [-0.1, -0.05) is 24.3 Å². The van der Waals surface area contributed by atoms with Crippen LogP contribution in [-0.4, -0.2) is 34.0 Å². The lowest BCUT2D eigenvalue weighted by molar-refractivity contribution is 0.0816. The van der Waals surface area contributed by atoms with E-state index in [1.807, 2.05) is 54.7 Å². The molecule has 0 amide bonds. The first-order valence-electron chi connectivity index (χ1n) is 9.87. The number of H-pyrrole nitrogens is 1. The smallest absolute Gasteiger partial charge is 0.193 e. The standard InChI is InChI=1S/C23H22N4O3/c1-29-16-6-4-5-15(11-16)25-22(20-13-27-9-10-30-14-21(27)26-20)23(28)18-12-24-19-8-3-2-7-17(18)19/h2-8,11-13,22,24-25H,9-10,14H2,1H3. The maximum absolute atomic E-state index is 13.7. The molecule has 152 valence electrons. The number of anilines is 1. The molecule has 1 unspecified atom stereocenters. The predicted molar refractivity (Wildman–Crippen MR) is 114 cm³/mol. The highest BCUT2D eigenvalue weighted by atomic mass is 16.5. The van der Waals surface area contributed by atoms with E-state index in [0.29, 0.717) is 24.5 Å². The SMILES string of the molecule is COc1cccc(NC(C(=O)c2c[nH]c3ccccc23)c2cn3c(n2)COCC3)c1. The van der Waals surface area contributed by atoms with Crippen molar-refractivity contribution in [1.82, 2.24) is 14.5 Å². The van der Waals surface area contributed by atoms with E-state index in [1.165, 1.54) is 0 Å². The topological polar surface area (TPSA) is 81.2 Å². The Bertz CT molecular complexity index is 1190. The summed E-state index contributed by atoms with van der Waals surface area (Å²) in [4.78, 5) is 21.6. The van der Waals surface area contributed by atoms with Crippen LogP contribution in [0.3, 0.4) is 0 Å². The fraction of sp³-hybridized carbons (Fsp3) is 0.217. The van der Waals surface area contributed by atoms with Crippen molar-refractivity contribution in [3.63, 3.8) is 0 Å². The normalized spacial score (nSPS) is 14.3. The number of rotatable bonds is 6. The quantitative estimate of drug-likeness (QED) is 0.478. The fourth-order valence-corrected chi connectivity index (χ4v) is 3.83. The van der Waals surface area contributed by atoms with Gasteiger partial charge >= 0.3 is 0 Å². The van der Waals surface area contributed by atoms with Crippen LogP contribution in [0.4, 0.5) is 5.69 Å². The third-order valence-electron chi connectivity index (χ3n) is 5.38.